The number of nitrogen functional groups attached to an aromatic ring is 1. The summed E-state index contributed by atoms with van der Waals surface area (Å²) in [6.45, 7) is 0. The number of carbonyl (C=O) groups is 1. The highest BCUT2D eigenvalue weighted by molar-refractivity contribution is 7.80. The molecule has 1 heterocycles. The van der Waals surface area contributed by atoms with Gasteiger partial charge < -0.3 is 21.1 Å². The highest BCUT2D eigenvalue weighted by Crippen LogP contribution is 2.18. The molecule has 0 aliphatic carbocycles. The molecule has 0 aliphatic rings. The molecule has 8 heteroatoms. The first-order chi connectivity index (χ1) is 7.97. The fourth-order valence-corrected chi connectivity index (χ4v) is 1.46. The Morgan fingerprint density at radius 1 is 1.53 bits per heavy atom. The molecule has 94 valence electrons. The number of anilines is 1. The molecule has 1 aromatic heterocycles. The van der Waals surface area contributed by atoms with E-state index in [1.54, 1.807) is 0 Å². The second kappa shape index (κ2) is 5.80. The van der Waals surface area contributed by atoms with Crippen molar-refractivity contribution >= 4 is 24.4 Å². The van der Waals surface area contributed by atoms with Crippen LogP contribution in [0.25, 0.3) is 0 Å². The van der Waals surface area contributed by atoms with Gasteiger partial charge in [0.2, 0.25) is 0 Å². The Kier molecular flexibility index (Phi) is 4.67. The number of rotatable bonds is 5. The average molecular weight is 259 g/mol. The molecular weight excluding hydrogens is 246 g/mol. The zero-order chi connectivity index (χ0) is 13.0. The van der Waals surface area contributed by atoms with E-state index >= 15 is 0 Å². The number of carboxylic acids is 1. The van der Waals surface area contributed by atoms with E-state index in [1.807, 2.05) is 0 Å². The highest BCUT2D eigenvalue weighted by Gasteiger charge is 2.22. The summed E-state index contributed by atoms with van der Waals surface area (Å²) >= 11 is 3.92. The van der Waals surface area contributed by atoms with Gasteiger partial charge in [-0.25, -0.2) is 14.8 Å². The Morgan fingerprint density at radius 2 is 2.18 bits per heavy atom. The van der Waals surface area contributed by atoms with Crippen LogP contribution in [0, 0.1) is 0 Å². The number of aromatic carboxylic acids is 1. The van der Waals surface area contributed by atoms with Crippen molar-refractivity contribution in [3.8, 4) is 0 Å². The summed E-state index contributed by atoms with van der Waals surface area (Å²) in [4.78, 5) is 18.0. The lowest BCUT2D eigenvalue weighted by Crippen LogP contribution is -2.21. The van der Waals surface area contributed by atoms with Crippen molar-refractivity contribution in [1.29, 1.82) is 0 Å². The molecule has 7 nitrogen and oxygen atoms in total. The van der Waals surface area contributed by atoms with Crippen LogP contribution in [0.5, 0.6) is 0 Å². The number of aliphatic hydroxyl groups excluding tert-OH is 2. The van der Waals surface area contributed by atoms with Crippen LogP contribution in [0.4, 0.5) is 5.82 Å². The van der Waals surface area contributed by atoms with E-state index in [0.29, 0.717) is 5.75 Å². The van der Waals surface area contributed by atoms with Gasteiger partial charge in [-0.1, -0.05) is 0 Å². The van der Waals surface area contributed by atoms with E-state index in [0.717, 1.165) is 6.20 Å². The second-order valence-corrected chi connectivity index (χ2v) is 3.81. The quantitative estimate of drug-likeness (QED) is 0.449. The minimum atomic E-state index is -1.34. The molecule has 2 unspecified atom stereocenters. The van der Waals surface area contributed by atoms with Gasteiger partial charge in [0.15, 0.2) is 11.5 Å². The van der Waals surface area contributed by atoms with Crippen molar-refractivity contribution in [3.05, 3.63) is 17.6 Å². The predicted molar refractivity (Wildman–Crippen MR) is 62.8 cm³/mol. The standard InChI is InChI=1S/C9H13N3O4S/c10-8-6(9(15)16)12-4(3-11-8)7(14)5(13)1-2-17/h3,5,7,13-14,17H,1-2H2,(H2,10,11)(H,15,16). The predicted octanol–water partition coefficient (Wildman–Crippen LogP) is -0.529. The summed E-state index contributed by atoms with van der Waals surface area (Å²) < 4.78 is 0. The Labute approximate surface area is 103 Å². The van der Waals surface area contributed by atoms with E-state index in [4.69, 9.17) is 10.8 Å². The Morgan fingerprint density at radius 3 is 2.71 bits per heavy atom. The molecular formula is C9H13N3O4S. The van der Waals surface area contributed by atoms with Crippen LogP contribution in [-0.2, 0) is 0 Å². The molecule has 2 atom stereocenters. The molecule has 0 spiro atoms. The molecule has 1 rings (SSSR count). The minimum absolute atomic E-state index is 0.0362. The highest BCUT2D eigenvalue weighted by atomic mass is 32.1. The molecule has 0 aliphatic heterocycles. The zero-order valence-corrected chi connectivity index (χ0v) is 9.71. The molecule has 1 aromatic rings. The fourth-order valence-electron chi connectivity index (χ4n) is 1.20. The lowest BCUT2D eigenvalue weighted by atomic mass is 10.1. The van der Waals surface area contributed by atoms with Gasteiger partial charge >= 0.3 is 5.97 Å². The van der Waals surface area contributed by atoms with Gasteiger partial charge in [-0.3, -0.25) is 0 Å². The van der Waals surface area contributed by atoms with E-state index in [-0.39, 0.29) is 17.9 Å². The van der Waals surface area contributed by atoms with Crippen molar-refractivity contribution in [3.63, 3.8) is 0 Å². The van der Waals surface area contributed by atoms with Crippen LogP contribution in [-0.4, -0.2) is 43.1 Å². The van der Waals surface area contributed by atoms with Crippen LogP contribution in [0.2, 0.25) is 0 Å². The number of aliphatic hydroxyl groups is 2. The first-order valence-electron chi connectivity index (χ1n) is 4.80. The maximum Gasteiger partial charge on any atom is 0.358 e. The summed E-state index contributed by atoms with van der Waals surface area (Å²) in [5, 5.41) is 28.0. The van der Waals surface area contributed by atoms with Crippen LogP contribution in [0.15, 0.2) is 6.20 Å². The molecule has 0 amide bonds. The number of nitrogens with two attached hydrogens (primary N) is 1. The molecule has 5 N–H and O–H groups in total. The van der Waals surface area contributed by atoms with E-state index in [1.165, 1.54) is 0 Å². The van der Waals surface area contributed by atoms with Crippen LogP contribution in [0.1, 0.15) is 28.7 Å². The number of nitrogens with zero attached hydrogens (tertiary/aromatic N) is 2. The van der Waals surface area contributed by atoms with Gasteiger partial charge in [0.05, 0.1) is 18.0 Å². The van der Waals surface area contributed by atoms with Gasteiger partial charge in [0.1, 0.15) is 6.10 Å². The molecule has 0 fully saturated rings. The lowest BCUT2D eigenvalue weighted by Gasteiger charge is -2.16. The molecule has 0 radical (unpaired) electrons. The summed E-state index contributed by atoms with van der Waals surface area (Å²) in [5.41, 5.74) is 4.83. The van der Waals surface area contributed by atoms with Crippen molar-refractivity contribution in [1.82, 2.24) is 9.97 Å². The molecule has 0 saturated heterocycles. The van der Waals surface area contributed by atoms with Gasteiger partial charge in [0, 0.05) is 0 Å². The second-order valence-electron chi connectivity index (χ2n) is 3.36. The molecule has 0 aromatic carbocycles. The number of hydrogen-bond donors (Lipinski definition) is 5. The monoisotopic (exact) mass is 259 g/mol. The van der Waals surface area contributed by atoms with Gasteiger partial charge in [0.25, 0.3) is 0 Å². The topological polar surface area (TPSA) is 130 Å². The number of thiol groups is 1. The molecule has 0 bridgehead atoms. The van der Waals surface area contributed by atoms with Crippen molar-refractivity contribution < 1.29 is 20.1 Å². The molecule has 0 saturated carbocycles. The lowest BCUT2D eigenvalue weighted by molar-refractivity contribution is 0.0143. The van der Waals surface area contributed by atoms with Gasteiger partial charge in [-0.2, -0.15) is 12.6 Å². The largest absolute Gasteiger partial charge is 0.476 e. The van der Waals surface area contributed by atoms with Crippen molar-refractivity contribution in [2.24, 2.45) is 0 Å². The van der Waals surface area contributed by atoms with Crippen LogP contribution in [0.3, 0.4) is 0 Å². The summed E-state index contributed by atoms with van der Waals surface area (Å²) in [6.07, 6.45) is -1.01. The Balaban J connectivity index is 2.99. The van der Waals surface area contributed by atoms with Gasteiger partial charge in [-0.05, 0) is 12.2 Å². The number of aromatic nitrogens is 2. The summed E-state index contributed by atoms with van der Waals surface area (Å²) in [7, 11) is 0. The molecule has 17 heavy (non-hydrogen) atoms. The fraction of sp³-hybridized carbons (Fsp3) is 0.444. The van der Waals surface area contributed by atoms with Crippen LogP contribution >= 0.6 is 12.6 Å². The third-order valence-corrected chi connectivity index (χ3v) is 2.37. The third-order valence-electron chi connectivity index (χ3n) is 2.11. The maximum atomic E-state index is 10.8. The first-order valence-corrected chi connectivity index (χ1v) is 5.43. The smallest absolute Gasteiger partial charge is 0.358 e. The van der Waals surface area contributed by atoms with Crippen molar-refractivity contribution in [2.75, 3.05) is 11.5 Å². The number of carboxylic acid groups (broad SMARTS) is 1. The van der Waals surface area contributed by atoms with E-state index in [9.17, 15) is 15.0 Å². The van der Waals surface area contributed by atoms with Crippen molar-refractivity contribution in [2.45, 2.75) is 18.6 Å². The average Bonchev–Trinajstić information content (AvgIpc) is 2.28. The number of hydrogen-bond acceptors (Lipinski definition) is 7. The van der Waals surface area contributed by atoms with Gasteiger partial charge in [-0.15, -0.1) is 0 Å². The Hall–Kier alpha value is -1.38. The normalized spacial score (nSPS) is 14.3. The SMILES string of the molecule is Nc1ncc(C(O)C(O)CCS)nc1C(=O)O. The maximum absolute atomic E-state index is 10.8. The third kappa shape index (κ3) is 3.29. The minimum Gasteiger partial charge on any atom is -0.476 e. The summed E-state index contributed by atoms with van der Waals surface area (Å²) in [6, 6.07) is 0. The Bertz CT molecular complexity index is 415. The van der Waals surface area contributed by atoms with Crippen LogP contribution < -0.4 is 5.73 Å². The first kappa shape index (κ1) is 13.7. The summed E-state index contributed by atoms with van der Waals surface area (Å²) in [5.74, 6) is -1.20. The zero-order valence-electron chi connectivity index (χ0n) is 8.82. The van der Waals surface area contributed by atoms with E-state index in [2.05, 4.69) is 22.6 Å². The van der Waals surface area contributed by atoms with E-state index < -0.39 is 23.9 Å².